The highest BCUT2D eigenvalue weighted by atomic mass is 79.9. The summed E-state index contributed by atoms with van der Waals surface area (Å²) in [5.74, 6) is 0.404. The van der Waals surface area contributed by atoms with Crippen molar-refractivity contribution in [3.8, 4) is 0 Å². The Balaban J connectivity index is 2.25. The zero-order valence-electron chi connectivity index (χ0n) is 8.90. The molecule has 0 radical (unpaired) electrons. The van der Waals surface area contributed by atoms with Crippen LogP contribution < -0.4 is 10.9 Å². The maximum atomic E-state index is 12.0. The van der Waals surface area contributed by atoms with Crippen molar-refractivity contribution in [2.45, 2.75) is 11.7 Å². The highest BCUT2D eigenvalue weighted by Crippen LogP contribution is 2.20. The molecule has 0 saturated carbocycles. The Morgan fingerprint density at radius 2 is 2.47 bits per heavy atom. The summed E-state index contributed by atoms with van der Waals surface area (Å²) in [5.41, 5.74) is -0.206. The lowest BCUT2D eigenvalue weighted by Gasteiger charge is -2.05. The van der Waals surface area contributed by atoms with Gasteiger partial charge in [-0.15, -0.1) is 0 Å². The summed E-state index contributed by atoms with van der Waals surface area (Å²) in [6.07, 6.45) is 1.33. The SMILES string of the molecule is C=C(Br)CNC(=O)c1cnc2n(c1=O)CCS2. The average Bonchev–Trinajstić information content (AvgIpc) is 2.75. The number of rotatable bonds is 3. The van der Waals surface area contributed by atoms with Gasteiger partial charge in [-0.3, -0.25) is 14.2 Å². The van der Waals surface area contributed by atoms with Crippen LogP contribution in [0.3, 0.4) is 0 Å². The van der Waals surface area contributed by atoms with E-state index in [1.165, 1.54) is 22.5 Å². The van der Waals surface area contributed by atoms with Gasteiger partial charge in [-0.05, 0) is 0 Å². The molecule has 0 aliphatic carbocycles. The van der Waals surface area contributed by atoms with Crippen LogP contribution >= 0.6 is 27.7 Å². The van der Waals surface area contributed by atoms with Crippen LogP contribution in [0.1, 0.15) is 10.4 Å². The maximum Gasteiger partial charge on any atom is 0.267 e. The van der Waals surface area contributed by atoms with Gasteiger partial charge in [0.25, 0.3) is 11.5 Å². The van der Waals surface area contributed by atoms with Crippen LogP contribution in [-0.4, -0.2) is 27.8 Å². The molecule has 2 rings (SSSR count). The largest absolute Gasteiger partial charge is 0.347 e. The molecule has 1 N–H and O–H groups in total. The van der Waals surface area contributed by atoms with Gasteiger partial charge in [0.15, 0.2) is 5.16 Å². The van der Waals surface area contributed by atoms with Gasteiger partial charge < -0.3 is 5.32 Å². The van der Waals surface area contributed by atoms with E-state index in [9.17, 15) is 9.59 Å². The molecule has 5 nitrogen and oxygen atoms in total. The van der Waals surface area contributed by atoms with E-state index in [1.807, 2.05) is 0 Å². The molecule has 0 aromatic carbocycles. The fraction of sp³-hybridized carbons (Fsp3) is 0.300. The quantitative estimate of drug-likeness (QED) is 0.845. The van der Waals surface area contributed by atoms with Gasteiger partial charge in [-0.2, -0.15) is 0 Å². The highest BCUT2D eigenvalue weighted by molar-refractivity contribution is 9.11. The van der Waals surface area contributed by atoms with E-state index < -0.39 is 5.91 Å². The van der Waals surface area contributed by atoms with Crippen molar-refractivity contribution in [1.29, 1.82) is 0 Å². The number of thioether (sulfide) groups is 1. The third-order valence-corrected chi connectivity index (χ3v) is 3.49. The second kappa shape index (κ2) is 5.05. The monoisotopic (exact) mass is 315 g/mol. The van der Waals surface area contributed by atoms with Gasteiger partial charge in [0.05, 0.1) is 0 Å². The zero-order chi connectivity index (χ0) is 12.4. The molecule has 0 fully saturated rings. The van der Waals surface area contributed by atoms with Gasteiger partial charge in [-0.1, -0.05) is 34.3 Å². The molecule has 0 saturated heterocycles. The fourth-order valence-electron chi connectivity index (χ4n) is 1.44. The molecule has 7 heteroatoms. The third kappa shape index (κ3) is 2.61. The number of carbonyl (C=O) groups excluding carboxylic acids is 1. The Morgan fingerprint density at radius 3 is 3.18 bits per heavy atom. The van der Waals surface area contributed by atoms with Crippen molar-refractivity contribution in [3.05, 3.63) is 33.2 Å². The number of carbonyl (C=O) groups is 1. The minimum Gasteiger partial charge on any atom is -0.347 e. The number of fused-ring (bicyclic) bond motifs is 1. The Labute approximate surface area is 110 Å². The summed E-state index contributed by atoms with van der Waals surface area (Å²) in [6, 6.07) is 0. The first kappa shape index (κ1) is 12.4. The van der Waals surface area contributed by atoms with E-state index in [4.69, 9.17) is 0 Å². The number of nitrogens with zero attached hydrogens (tertiary/aromatic N) is 2. The van der Waals surface area contributed by atoms with Crippen molar-refractivity contribution < 1.29 is 4.79 Å². The molecule has 0 bridgehead atoms. The Hall–Kier alpha value is -1.08. The summed E-state index contributed by atoms with van der Waals surface area (Å²) >= 11 is 4.65. The molecule has 90 valence electrons. The standard InChI is InChI=1S/C10H10BrN3O2S/c1-6(11)4-12-8(15)7-5-13-10-14(9(7)16)2-3-17-10/h5H,1-4H2,(H,12,15). The predicted octanol–water partition coefficient (Wildman–Crippen LogP) is 0.987. The van der Waals surface area contributed by atoms with E-state index in [2.05, 4.69) is 32.8 Å². The van der Waals surface area contributed by atoms with Crippen LogP contribution in [0.5, 0.6) is 0 Å². The Morgan fingerprint density at radius 1 is 1.71 bits per heavy atom. The van der Waals surface area contributed by atoms with Crippen molar-refractivity contribution in [2.75, 3.05) is 12.3 Å². The second-order valence-corrected chi connectivity index (χ2v) is 5.64. The van der Waals surface area contributed by atoms with Crippen LogP contribution in [0.25, 0.3) is 0 Å². The molecule has 1 aliphatic rings. The number of halogens is 1. The molecular formula is C10H10BrN3O2S. The lowest BCUT2D eigenvalue weighted by Crippen LogP contribution is -2.33. The molecule has 0 spiro atoms. The van der Waals surface area contributed by atoms with Crippen LogP contribution in [0, 0.1) is 0 Å². The average molecular weight is 316 g/mol. The van der Waals surface area contributed by atoms with E-state index in [-0.39, 0.29) is 17.7 Å². The fourth-order valence-corrected chi connectivity index (χ4v) is 2.50. The normalized spacial score (nSPS) is 13.2. The van der Waals surface area contributed by atoms with E-state index >= 15 is 0 Å². The van der Waals surface area contributed by atoms with Gasteiger partial charge in [-0.25, -0.2) is 4.98 Å². The Kier molecular flexibility index (Phi) is 3.68. The molecule has 1 aromatic rings. The summed E-state index contributed by atoms with van der Waals surface area (Å²) in [5, 5.41) is 3.26. The number of aromatic nitrogens is 2. The van der Waals surface area contributed by atoms with Crippen molar-refractivity contribution in [1.82, 2.24) is 14.9 Å². The second-order valence-electron chi connectivity index (χ2n) is 3.46. The van der Waals surface area contributed by atoms with E-state index in [1.54, 1.807) is 0 Å². The van der Waals surface area contributed by atoms with Crippen LogP contribution in [0.15, 0.2) is 27.2 Å². The van der Waals surface area contributed by atoms with Crippen molar-refractivity contribution in [2.24, 2.45) is 0 Å². The van der Waals surface area contributed by atoms with Crippen molar-refractivity contribution >= 4 is 33.6 Å². The van der Waals surface area contributed by atoms with E-state index in [0.717, 1.165) is 5.75 Å². The molecule has 17 heavy (non-hydrogen) atoms. The van der Waals surface area contributed by atoms with Gasteiger partial charge >= 0.3 is 0 Å². The lowest BCUT2D eigenvalue weighted by atomic mass is 10.3. The van der Waals surface area contributed by atoms with Crippen LogP contribution in [0.2, 0.25) is 0 Å². The zero-order valence-corrected chi connectivity index (χ0v) is 11.3. The molecular weight excluding hydrogens is 306 g/mol. The van der Waals surface area contributed by atoms with Gasteiger partial charge in [0, 0.05) is 29.5 Å². The minimum atomic E-state index is -0.421. The topological polar surface area (TPSA) is 64.0 Å². The lowest BCUT2D eigenvalue weighted by molar-refractivity contribution is 0.0955. The number of amides is 1. The minimum absolute atomic E-state index is 0.0741. The first-order chi connectivity index (χ1) is 8.09. The smallest absolute Gasteiger partial charge is 0.267 e. The number of hydrogen-bond donors (Lipinski definition) is 1. The predicted molar refractivity (Wildman–Crippen MR) is 69.6 cm³/mol. The molecule has 0 atom stereocenters. The molecule has 1 aliphatic heterocycles. The summed E-state index contributed by atoms with van der Waals surface area (Å²) < 4.78 is 2.18. The van der Waals surface area contributed by atoms with Gasteiger partial charge in [0.1, 0.15) is 5.56 Å². The number of nitrogens with one attached hydrogen (secondary N) is 1. The number of hydrogen-bond acceptors (Lipinski definition) is 4. The van der Waals surface area contributed by atoms with Gasteiger partial charge in [0.2, 0.25) is 0 Å². The third-order valence-electron chi connectivity index (χ3n) is 2.24. The first-order valence-corrected chi connectivity index (χ1v) is 6.71. The van der Waals surface area contributed by atoms with Crippen molar-refractivity contribution in [3.63, 3.8) is 0 Å². The highest BCUT2D eigenvalue weighted by Gasteiger charge is 2.19. The summed E-state index contributed by atoms with van der Waals surface area (Å²) in [4.78, 5) is 27.8. The molecule has 2 heterocycles. The first-order valence-electron chi connectivity index (χ1n) is 4.93. The molecule has 1 aromatic heterocycles. The van der Waals surface area contributed by atoms with E-state index in [0.29, 0.717) is 16.2 Å². The maximum absolute atomic E-state index is 12.0. The summed E-state index contributed by atoms with van der Waals surface area (Å²) in [6.45, 7) is 4.50. The summed E-state index contributed by atoms with van der Waals surface area (Å²) in [7, 11) is 0. The Bertz CT molecular complexity index is 541. The van der Waals surface area contributed by atoms with Crippen LogP contribution in [-0.2, 0) is 6.54 Å². The molecule has 0 unspecified atom stereocenters. The van der Waals surface area contributed by atoms with Crippen LogP contribution in [0.4, 0.5) is 0 Å². The molecule has 1 amide bonds.